The van der Waals surface area contributed by atoms with Gasteiger partial charge in [-0.3, -0.25) is 0 Å². The molecule has 1 aromatic rings. The first-order chi connectivity index (χ1) is 10.2. The van der Waals surface area contributed by atoms with Crippen molar-refractivity contribution >= 4 is 11.6 Å². The molecule has 2 rings (SSSR count). The van der Waals surface area contributed by atoms with Crippen molar-refractivity contribution in [3.63, 3.8) is 0 Å². The van der Waals surface area contributed by atoms with Crippen LogP contribution in [0.2, 0.25) is 0 Å². The lowest BCUT2D eigenvalue weighted by Crippen LogP contribution is -2.38. The van der Waals surface area contributed by atoms with Gasteiger partial charge in [0.15, 0.2) is 0 Å². The number of methoxy groups -OCH3 is 1. The molecule has 1 saturated carbocycles. The predicted molar refractivity (Wildman–Crippen MR) is 87.1 cm³/mol. The lowest BCUT2D eigenvalue weighted by Gasteiger charge is -2.32. The number of nitrogens with zero attached hydrogens (tertiary/aromatic N) is 3. The zero-order valence-electron chi connectivity index (χ0n) is 13.7. The third-order valence-electron chi connectivity index (χ3n) is 4.14. The van der Waals surface area contributed by atoms with E-state index in [1.807, 2.05) is 7.05 Å². The van der Waals surface area contributed by atoms with Gasteiger partial charge in [0.1, 0.15) is 17.5 Å². The molecule has 1 aromatic heterocycles. The van der Waals surface area contributed by atoms with E-state index >= 15 is 0 Å². The topological polar surface area (TPSA) is 50.3 Å². The Morgan fingerprint density at radius 2 is 2.05 bits per heavy atom. The van der Waals surface area contributed by atoms with E-state index < -0.39 is 0 Å². The Morgan fingerprint density at radius 1 is 1.33 bits per heavy atom. The van der Waals surface area contributed by atoms with Crippen molar-refractivity contribution in [2.45, 2.75) is 51.5 Å². The number of hydrogen-bond donors (Lipinski definition) is 1. The lowest BCUT2D eigenvalue weighted by molar-refractivity contribution is 0.202. The van der Waals surface area contributed by atoms with E-state index in [1.165, 1.54) is 12.8 Å². The van der Waals surface area contributed by atoms with Crippen molar-refractivity contribution in [3.8, 4) is 0 Å². The zero-order valence-corrected chi connectivity index (χ0v) is 13.7. The van der Waals surface area contributed by atoms with E-state index in [0.29, 0.717) is 18.6 Å². The molecule has 1 aliphatic carbocycles. The van der Waals surface area contributed by atoms with Crippen molar-refractivity contribution in [1.29, 1.82) is 0 Å². The van der Waals surface area contributed by atoms with Crippen LogP contribution < -0.4 is 10.2 Å². The molecule has 5 heteroatoms. The summed E-state index contributed by atoms with van der Waals surface area (Å²) in [6, 6.07) is 2.55. The number of hydrogen-bond acceptors (Lipinski definition) is 5. The fourth-order valence-corrected chi connectivity index (χ4v) is 2.66. The summed E-state index contributed by atoms with van der Waals surface area (Å²) in [7, 11) is 3.67. The van der Waals surface area contributed by atoms with Crippen molar-refractivity contribution in [2.75, 3.05) is 37.5 Å². The molecule has 1 N–H and O–H groups in total. The van der Waals surface area contributed by atoms with Crippen LogP contribution in [-0.4, -0.2) is 43.3 Å². The average molecular weight is 292 g/mol. The van der Waals surface area contributed by atoms with Gasteiger partial charge in [0.05, 0.1) is 6.61 Å². The molecule has 118 valence electrons. The number of ether oxygens (including phenoxy) is 1. The Balaban J connectivity index is 2.30. The summed E-state index contributed by atoms with van der Waals surface area (Å²) in [6.45, 7) is 6.05. The molecule has 0 amide bonds. The van der Waals surface area contributed by atoms with E-state index in [2.05, 4.69) is 35.1 Å². The van der Waals surface area contributed by atoms with Crippen LogP contribution in [0.25, 0.3) is 0 Å². The first-order valence-corrected chi connectivity index (χ1v) is 8.05. The Labute approximate surface area is 128 Å². The summed E-state index contributed by atoms with van der Waals surface area (Å²) < 4.78 is 5.28. The van der Waals surface area contributed by atoms with Crippen molar-refractivity contribution in [3.05, 3.63) is 11.9 Å². The minimum atomic E-state index is 0.492. The van der Waals surface area contributed by atoms with Gasteiger partial charge in [-0.2, -0.15) is 0 Å². The fourth-order valence-electron chi connectivity index (χ4n) is 2.66. The number of rotatable bonds is 9. The van der Waals surface area contributed by atoms with Crippen LogP contribution >= 0.6 is 0 Å². The van der Waals surface area contributed by atoms with Gasteiger partial charge in [0, 0.05) is 38.7 Å². The standard InChI is InChI=1S/C16H28N4O/c1-5-13(6-2)20(9-10-21-4)15-11-14(17-3)18-16(19-15)12-7-8-12/h11-13H,5-10H2,1-4H3,(H,17,18,19). The maximum Gasteiger partial charge on any atom is 0.136 e. The lowest BCUT2D eigenvalue weighted by atomic mass is 10.1. The minimum Gasteiger partial charge on any atom is -0.383 e. The van der Waals surface area contributed by atoms with Gasteiger partial charge in [-0.25, -0.2) is 9.97 Å². The molecule has 1 aliphatic rings. The molecule has 21 heavy (non-hydrogen) atoms. The Kier molecular flexibility index (Phi) is 5.79. The van der Waals surface area contributed by atoms with Crippen LogP contribution in [0.4, 0.5) is 11.6 Å². The number of anilines is 2. The molecule has 0 bridgehead atoms. The molecule has 0 spiro atoms. The van der Waals surface area contributed by atoms with Crippen molar-refractivity contribution < 1.29 is 4.74 Å². The number of aromatic nitrogens is 2. The predicted octanol–water partition coefficient (Wildman–Crippen LogP) is 3.04. The quantitative estimate of drug-likeness (QED) is 0.758. The highest BCUT2D eigenvalue weighted by Crippen LogP contribution is 2.39. The molecule has 0 saturated heterocycles. The van der Waals surface area contributed by atoms with E-state index in [0.717, 1.165) is 36.8 Å². The van der Waals surface area contributed by atoms with Crippen molar-refractivity contribution in [1.82, 2.24) is 9.97 Å². The summed E-state index contributed by atoms with van der Waals surface area (Å²) in [6.07, 6.45) is 4.65. The maximum absolute atomic E-state index is 5.28. The van der Waals surface area contributed by atoms with E-state index in [-0.39, 0.29) is 0 Å². The Bertz CT molecular complexity index is 444. The number of nitrogens with one attached hydrogen (secondary N) is 1. The largest absolute Gasteiger partial charge is 0.383 e. The van der Waals surface area contributed by atoms with Gasteiger partial charge in [0.2, 0.25) is 0 Å². The Morgan fingerprint density at radius 3 is 2.57 bits per heavy atom. The highest BCUT2D eigenvalue weighted by Gasteiger charge is 2.28. The van der Waals surface area contributed by atoms with Crippen molar-refractivity contribution in [2.24, 2.45) is 0 Å². The van der Waals surface area contributed by atoms with Gasteiger partial charge in [-0.15, -0.1) is 0 Å². The monoisotopic (exact) mass is 292 g/mol. The summed E-state index contributed by atoms with van der Waals surface area (Å²) in [5.74, 6) is 3.49. The first-order valence-electron chi connectivity index (χ1n) is 8.05. The molecule has 0 unspecified atom stereocenters. The normalized spacial score (nSPS) is 14.5. The van der Waals surface area contributed by atoms with Crippen LogP contribution in [0.3, 0.4) is 0 Å². The van der Waals surface area contributed by atoms with E-state index in [9.17, 15) is 0 Å². The van der Waals surface area contributed by atoms with Gasteiger partial charge >= 0.3 is 0 Å². The Hall–Kier alpha value is -1.36. The molecular weight excluding hydrogens is 264 g/mol. The molecule has 1 fully saturated rings. The van der Waals surface area contributed by atoms with Crippen LogP contribution in [-0.2, 0) is 4.74 Å². The summed E-state index contributed by atoms with van der Waals surface area (Å²) >= 11 is 0. The average Bonchev–Trinajstić information content (AvgIpc) is 3.35. The van der Waals surface area contributed by atoms with Crippen LogP contribution in [0.5, 0.6) is 0 Å². The first kappa shape index (κ1) is 16.0. The summed E-state index contributed by atoms with van der Waals surface area (Å²) in [5.41, 5.74) is 0. The fraction of sp³-hybridized carbons (Fsp3) is 0.750. The summed E-state index contributed by atoms with van der Waals surface area (Å²) in [4.78, 5) is 11.8. The molecular formula is C16H28N4O. The molecule has 0 atom stereocenters. The van der Waals surface area contributed by atoms with Gasteiger partial charge in [-0.05, 0) is 25.7 Å². The van der Waals surface area contributed by atoms with Crippen LogP contribution in [0.1, 0.15) is 51.3 Å². The van der Waals surface area contributed by atoms with Crippen LogP contribution in [0.15, 0.2) is 6.07 Å². The molecule has 0 aromatic carbocycles. The zero-order chi connectivity index (χ0) is 15.2. The summed E-state index contributed by atoms with van der Waals surface area (Å²) in [5, 5.41) is 3.17. The maximum atomic E-state index is 5.28. The highest BCUT2D eigenvalue weighted by molar-refractivity contribution is 5.50. The van der Waals surface area contributed by atoms with Gasteiger partial charge < -0.3 is 15.0 Å². The highest BCUT2D eigenvalue weighted by atomic mass is 16.5. The third kappa shape index (κ3) is 4.06. The second-order valence-electron chi connectivity index (χ2n) is 5.65. The van der Waals surface area contributed by atoms with Gasteiger partial charge in [-0.1, -0.05) is 13.8 Å². The van der Waals surface area contributed by atoms with Crippen LogP contribution in [0, 0.1) is 0 Å². The molecule has 5 nitrogen and oxygen atoms in total. The SMILES string of the molecule is CCC(CC)N(CCOC)c1cc(NC)nc(C2CC2)n1. The van der Waals surface area contributed by atoms with E-state index in [1.54, 1.807) is 7.11 Å². The molecule has 0 radical (unpaired) electrons. The second kappa shape index (κ2) is 7.59. The van der Waals surface area contributed by atoms with E-state index in [4.69, 9.17) is 9.72 Å². The van der Waals surface area contributed by atoms with Gasteiger partial charge in [0.25, 0.3) is 0 Å². The third-order valence-corrected chi connectivity index (χ3v) is 4.14. The molecule has 0 aliphatic heterocycles. The second-order valence-corrected chi connectivity index (χ2v) is 5.65. The molecule has 1 heterocycles. The smallest absolute Gasteiger partial charge is 0.136 e. The minimum absolute atomic E-state index is 0.492.